The predicted molar refractivity (Wildman–Crippen MR) is 126 cm³/mol. The van der Waals surface area contributed by atoms with Crippen LogP contribution in [0.5, 0.6) is 0 Å². The van der Waals surface area contributed by atoms with E-state index >= 15 is 0 Å². The lowest BCUT2D eigenvalue weighted by atomic mass is 9.86. The van der Waals surface area contributed by atoms with Crippen LogP contribution in [0.2, 0.25) is 0 Å². The number of carbonyl (C=O) groups excluding carboxylic acids is 3. The van der Waals surface area contributed by atoms with Crippen molar-refractivity contribution in [2.24, 2.45) is 0 Å². The van der Waals surface area contributed by atoms with E-state index in [-0.39, 0.29) is 17.9 Å². The summed E-state index contributed by atoms with van der Waals surface area (Å²) in [5.74, 6) is -1.50. The van der Waals surface area contributed by atoms with Gasteiger partial charge in [-0.2, -0.15) is 0 Å². The Bertz CT molecular complexity index is 1180. The van der Waals surface area contributed by atoms with Gasteiger partial charge in [0.2, 0.25) is 0 Å². The molecule has 0 aliphatic rings. The molecule has 3 rings (SSSR count). The Labute approximate surface area is 198 Å². The van der Waals surface area contributed by atoms with E-state index < -0.39 is 23.6 Å². The summed E-state index contributed by atoms with van der Waals surface area (Å²) in [6.45, 7) is 7.21. The van der Waals surface area contributed by atoms with E-state index in [0.717, 1.165) is 5.56 Å². The van der Waals surface area contributed by atoms with Gasteiger partial charge < -0.3 is 13.9 Å². The van der Waals surface area contributed by atoms with Crippen LogP contribution in [0.15, 0.2) is 59.4 Å². The van der Waals surface area contributed by atoms with Gasteiger partial charge in [0.15, 0.2) is 5.78 Å². The molecule has 1 unspecified atom stereocenters. The van der Waals surface area contributed by atoms with Crippen LogP contribution in [0.25, 0.3) is 0 Å². The second-order valence-corrected chi connectivity index (χ2v) is 8.86. The number of amides is 1. The average molecular weight is 465 g/mol. The number of methoxy groups -OCH3 is 1. The minimum Gasteiger partial charge on any atom is -0.472 e. The Balaban J connectivity index is 2.03. The van der Waals surface area contributed by atoms with Crippen molar-refractivity contribution >= 4 is 23.5 Å². The fraction of sp³-hybridized carbons (Fsp3) is 0.308. The molecule has 1 amide bonds. The molecule has 0 fully saturated rings. The largest absolute Gasteiger partial charge is 0.472 e. The van der Waals surface area contributed by atoms with Gasteiger partial charge in [-0.05, 0) is 63.1 Å². The number of Topliss-reactive ketones (excluding diaryl/α,β-unsaturated/α-hetero) is 1. The number of nitrogens with one attached hydrogen (secondary N) is 1. The van der Waals surface area contributed by atoms with E-state index in [0.29, 0.717) is 22.5 Å². The van der Waals surface area contributed by atoms with Crippen molar-refractivity contribution in [1.82, 2.24) is 4.98 Å². The maximum atomic E-state index is 13.5. The number of aromatic nitrogens is 1. The molecule has 3 aromatic rings. The van der Waals surface area contributed by atoms with Crippen LogP contribution < -0.4 is 5.32 Å². The highest BCUT2D eigenvalue weighted by atomic mass is 16.6. The third-order valence-electron chi connectivity index (χ3n) is 4.96. The molecule has 8 nitrogen and oxygen atoms in total. The fourth-order valence-corrected chi connectivity index (χ4v) is 3.47. The van der Waals surface area contributed by atoms with Crippen LogP contribution in [0.1, 0.15) is 64.4 Å². The first-order valence-electron chi connectivity index (χ1n) is 10.8. The zero-order chi connectivity index (χ0) is 24.9. The monoisotopic (exact) mass is 464 g/mol. The Morgan fingerprint density at radius 2 is 1.88 bits per heavy atom. The van der Waals surface area contributed by atoms with Crippen LogP contribution >= 0.6 is 0 Å². The summed E-state index contributed by atoms with van der Waals surface area (Å²) in [6.07, 6.45) is 2.36. The molecular weight excluding hydrogens is 436 g/mol. The highest BCUT2D eigenvalue weighted by Crippen LogP contribution is 2.32. The summed E-state index contributed by atoms with van der Waals surface area (Å²) in [6, 6.07) is 12.0. The van der Waals surface area contributed by atoms with Gasteiger partial charge >= 0.3 is 12.1 Å². The Morgan fingerprint density at radius 3 is 2.53 bits per heavy atom. The number of ketones is 1. The molecule has 0 saturated heterocycles. The van der Waals surface area contributed by atoms with Gasteiger partial charge in [-0.3, -0.25) is 10.1 Å². The van der Waals surface area contributed by atoms with E-state index in [1.54, 1.807) is 57.2 Å². The van der Waals surface area contributed by atoms with Gasteiger partial charge in [-0.15, -0.1) is 0 Å². The number of anilines is 1. The molecule has 1 atom stereocenters. The number of nitrogens with zero attached hydrogens (tertiary/aromatic N) is 1. The van der Waals surface area contributed by atoms with Crippen LogP contribution in [-0.4, -0.2) is 35.5 Å². The maximum absolute atomic E-state index is 13.5. The molecule has 1 N–H and O–H groups in total. The van der Waals surface area contributed by atoms with E-state index in [1.165, 1.54) is 19.6 Å². The SMILES string of the molecule is COC(=O)c1cccc(CC(C(=O)c2ccoc2)c2ccc(C)cc2NC(=O)OC(C)(C)C)n1. The number of hydrogen-bond acceptors (Lipinski definition) is 7. The Morgan fingerprint density at radius 1 is 1.12 bits per heavy atom. The van der Waals surface area contributed by atoms with Gasteiger partial charge in [0.05, 0.1) is 24.9 Å². The highest BCUT2D eigenvalue weighted by molar-refractivity contribution is 6.02. The number of pyridine rings is 1. The number of benzene rings is 1. The summed E-state index contributed by atoms with van der Waals surface area (Å²) in [7, 11) is 1.28. The maximum Gasteiger partial charge on any atom is 0.412 e. The number of carbonyl (C=O) groups is 3. The lowest BCUT2D eigenvalue weighted by molar-refractivity contribution is 0.0591. The van der Waals surface area contributed by atoms with E-state index in [2.05, 4.69) is 10.3 Å². The molecule has 0 aliphatic carbocycles. The lowest BCUT2D eigenvalue weighted by Gasteiger charge is -2.23. The molecule has 1 aromatic carbocycles. The van der Waals surface area contributed by atoms with Gasteiger partial charge in [0.1, 0.15) is 17.6 Å². The minimum atomic E-state index is -0.719. The normalized spacial score (nSPS) is 12.0. The smallest absolute Gasteiger partial charge is 0.412 e. The molecule has 0 aliphatic heterocycles. The number of esters is 1. The third kappa shape index (κ3) is 6.31. The molecule has 8 heteroatoms. The average Bonchev–Trinajstić information content (AvgIpc) is 3.31. The molecule has 0 spiro atoms. The first-order valence-corrected chi connectivity index (χ1v) is 10.8. The van der Waals surface area contributed by atoms with Crippen molar-refractivity contribution in [2.75, 3.05) is 12.4 Å². The molecular formula is C26H28N2O6. The topological polar surface area (TPSA) is 108 Å². The van der Waals surface area contributed by atoms with Gasteiger partial charge in [-0.25, -0.2) is 14.6 Å². The number of aryl methyl sites for hydroxylation is 1. The second kappa shape index (κ2) is 10.3. The standard InChI is InChI=1S/C26H28N2O6/c1-16-9-10-19(22(13-16)28-25(31)34-26(2,3)4)20(23(29)17-11-12-33-15-17)14-18-7-6-8-21(27-18)24(30)32-5/h6-13,15,20H,14H2,1-5H3,(H,28,31). The molecule has 0 bridgehead atoms. The third-order valence-corrected chi connectivity index (χ3v) is 4.96. The fourth-order valence-electron chi connectivity index (χ4n) is 3.47. The van der Waals surface area contributed by atoms with Crippen LogP contribution in [0.3, 0.4) is 0 Å². The second-order valence-electron chi connectivity index (χ2n) is 8.86. The van der Waals surface area contributed by atoms with E-state index in [4.69, 9.17) is 13.9 Å². The van der Waals surface area contributed by atoms with Crippen molar-refractivity contribution in [3.05, 3.63) is 83.1 Å². The van der Waals surface area contributed by atoms with Crippen molar-refractivity contribution < 1.29 is 28.3 Å². The highest BCUT2D eigenvalue weighted by Gasteiger charge is 2.28. The summed E-state index contributed by atoms with van der Waals surface area (Å²) in [5.41, 5.74) is 2.32. The number of furan rings is 1. The van der Waals surface area contributed by atoms with Gasteiger partial charge in [0.25, 0.3) is 0 Å². The zero-order valence-electron chi connectivity index (χ0n) is 19.9. The van der Waals surface area contributed by atoms with Crippen molar-refractivity contribution in [1.29, 1.82) is 0 Å². The van der Waals surface area contributed by atoms with Crippen LogP contribution in [0.4, 0.5) is 10.5 Å². The first kappa shape index (κ1) is 24.7. The van der Waals surface area contributed by atoms with E-state index in [1.807, 2.05) is 13.0 Å². The molecule has 0 radical (unpaired) electrons. The van der Waals surface area contributed by atoms with Crippen molar-refractivity contribution in [3.8, 4) is 0 Å². The first-order chi connectivity index (χ1) is 16.1. The predicted octanol–water partition coefficient (Wildman–Crippen LogP) is 5.33. The quantitative estimate of drug-likeness (QED) is 0.372. The zero-order valence-corrected chi connectivity index (χ0v) is 19.9. The Kier molecular flexibility index (Phi) is 7.50. The van der Waals surface area contributed by atoms with Crippen molar-refractivity contribution in [3.63, 3.8) is 0 Å². The van der Waals surface area contributed by atoms with Crippen LogP contribution in [0, 0.1) is 6.92 Å². The van der Waals surface area contributed by atoms with Crippen LogP contribution in [-0.2, 0) is 15.9 Å². The lowest BCUT2D eigenvalue weighted by Crippen LogP contribution is -2.28. The summed E-state index contributed by atoms with van der Waals surface area (Å²) in [4.78, 5) is 42.4. The van der Waals surface area contributed by atoms with Gasteiger partial charge in [-0.1, -0.05) is 18.2 Å². The molecule has 34 heavy (non-hydrogen) atoms. The number of rotatable bonds is 7. The summed E-state index contributed by atoms with van der Waals surface area (Å²) >= 11 is 0. The number of ether oxygens (including phenoxy) is 2. The number of hydrogen-bond donors (Lipinski definition) is 1. The summed E-state index contributed by atoms with van der Waals surface area (Å²) in [5, 5.41) is 2.78. The van der Waals surface area contributed by atoms with Gasteiger partial charge in [0, 0.05) is 17.8 Å². The molecule has 0 saturated carbocycles. The van der Waals surface area contributed by atoms with E-state index in [9.17, 15) is 14.4 Å². The minimum absolute atomic E-state index is 0.144. The molecule has 178 valence electrons. The summed E-state index contributed by atoms with van der Waals surface area (Å²) < 4.78 is 15.3. The van der Waals surface area contributed by atoms with Crippen molar-refractivity contribution in [2.45, 2.75) is 45.6 Å². The Hall–Kier alpha value is -3.94. The molecule has 2 aromatic heterocycles. The molecule has 2 heterocycles.